The molecule has 0 saturated carbocycles. The highest BCUT2D eigenvalue weighted by Gasteiger charge is 2.19. The third-order valence-electron chi connectivity index (χ3n) is 3.09. The fraction of sp³-hybridized carbons (Fsp3) is 0.467. The van der Waals surface area contributed by atoms with Crippen molar-refractivity contribution >= 4 is 0 Å². The Morgan fingerprint density at radius 3 is 2.58 bits per heavy atom. The molecule has 0 aliphatic heterocycles. The van der Waals surface area contributed by atoms with Crippen LogP contribution in [0.15, 0.2) is 24.5 Å². The Hall–Kier alpha value is -1.68. The predicted molar refractivity (Wildman–Crippen MR) is 76.8 cm³/mol. The van der Waals surface area contributed by atoms with Gasteiger partial charge in [0, 0.05) is 41.7 Å². The van der Waals surface area contributed by atoms with Gasteiger partial charge in [-0.15, -0.1) is 0 Å². The number of hydrogen-bond acceptors (Lipinski definition) is 3. The molecule has 2 N–H and O–H groups in total. The fourth-order valence-corrected chi connectivity index (χ4v) is 2.04. The van der Waals surface area contributed by atoms with Crippen LogP contribution in [0, 0.1) is 6.92 Å². The Kier molecular flexibility index (Phi) is 4.00. The summed E-state index contributed by atoms with van der Waals surface area (Å²) in [5.41, 5.74) is 4.77. The number of rotatable bonds is 4. The van der Waals surface area contributed by atoms with Crippen LogP contribution in [-0.4, -0.2) is 15.2 Å². The fourth-order valence-electron chi connectivity index (χ4n) is 2.04. The monoisotopic (exact) mass is 258 g/mol. The first-order valence-electron chi connectivity index (χ1n) is 6.62. The van der Waals surface area contributed by atoms with Gasteiger partial charge >= 0.3 is 0 Å². The molecule has 2 aromatic rings. The maximum absolute atomic E-state index is 4.29. The van der Waals surface area contributed by atoms with E-state index in [1.54, 1.807) is 0 Å². The normalized spacial score (nSPS) is 11.8. The molecule has 0 fully saturated rings. The Bertz CT molecular complexity index is 520. The largest absolute Gasteiger partial charge is 0.308 e. The van der Waals surface area contributed by atoms with Gasteiger partial charge in [-0.1, -0.05) is 26.8 Å². The van der Waals surface area contributed by atoms with Gasteiger partial charge in [-0.25, -0.2) is 0 Å². The third-order valence-corrected chi connectivity index (χ3v) is 3.09. The Labute approximate surface area is 114 Å². The lowest BCUT2D eigenvalue weighted by Gasteiger charge is -2.18. The zero-order valence-electron chi connectivity index (χ0n) is 12.1. The summed E-state index contributed by atoms with van der Waals surface area (Å²) in [6, 6.07) is 4.14. The minimum atomic E-state index is 0.0962. The van der Waals surface area contributed by atoms with Gasteiger partial charge in [-0.2, -0.15) is 5.10 Å². The molecule has 0 atom stereocenters. The van der Waals surface area contributed by atoms with Gasteiger partial charge in [0.1, 0.15) is 0 Å². The summed E-state index contributed by atoms with van der Waals surface area (Å²) >= 11 is 0. The molecule has 0 radical (unpaired) electrons. The van der Waals surface area contributed by atoms with Gasteiger partial charge in [-0.3, -0.25) is 10.1 Å². The summed E-state index contributed by atoms with van der Waals surface area (Å²) in [5.74, 6) is 0. The van der Waals surface area contributed by atoms with Crippen molar-refractivity contribution in [3.8, 4) is 0 Å². The molecule has 2 heterocycles. The summed E-state index contributed by atoms with van der Waals surface area (Å²) < 4.78 is 0. The second kappa shape index (κ2) is 5.53. The van der Waals surface area contributed by atoms with E-state index in [0.717, 1.165) is 18.8 Å². The molecule has 102 valence electrons. The molecule has 4 heteroatoms. The molecule has 0 aromatic carbocycles. The molecule has 0 aliphatic carbocycles. The van der Waals surface area contributed by atoms with E-state index in [0.29, 0.717) is 0 Å². The number of aryl methyl sites for hydroxylation is 1. The van der Waals surface area contributed by atoms with E-state index in [4.69, 9.17) is 0 Å². The molecular weight excluding hydrogens is 236 g/mol. The molecule has 0 amide bonds. The van der Waals surface area contributed by atoms with Crippen LogP contribution < -0.4 is 5.32 Å². The highest BCUT2D eigenvalue weighted by atomic mass is 15.1. The zero-order valence-corrected chi connectivity index (χ0v) is 12.1. The van der Waals surface area contributed by atoms with Crippen molar-refractivity contribution in [2.45, 2.75) is 46.2 Å². The number of nitrogens with zero attached hydrogens (tertiary/aromatic N) is 2. The average Bonchev–Trinajstić information content (AvgIpc) is 2.80. The van der Waals surface area contributed by atoms with E-state index in [9.17, 15) is 0 Å². The van der Waals surface area contributed by atoms with Crippen LogP contribution in [-0.2, 0) is 18.5 Å². The zero-order chi connectivity index (χ0) is 13.9. The van der Waals surface area contributed by atoms with Crippen molar-refractivity contribution in [2.75, 3.05) is 0 Å². The van der Waals surface area contributed by atoms with Gasteiger partial charge in [-0.05, 0) is 18.6 Å². The van der Waals surface area contributed by atoms with Gasteiger partial charge in [0.25, 0.3) is 0 Å². The van der Waals surface area contributed by atoms with E-state index < -0.39 is 0 Å². The highest BCUT2D eigenvalue weighted by Crippen LogP contribution is 2.23. The maximum atomic E-state index is 4.29. The van der Waals surface area contributed by atoms with E-state index >= 15 is 0 Å². The van der Waals surface area contributed by atoms with Crippen molar-refractivity contribution in [3.05, 3.63) is 47.0 Å². The molecular formula is C15H22N4. The second-order valence-corrected chi connectivity index (χ2v) is 5.93. The Morgan fingerprint density at radius 2 is 1.95 bits per heavy atom. The number of nitrogens with one attached hydrogen (secondary N) is 2. The lowest BCUT2D eigenvalue weighted by Crippen LogP contribution is -2.19. The number of aromatic nitrogens is 3. The van der Waals surface area contributed by atoms with E-state index in [1.165, 1.54) is 16.8 Å². The lowest BCUT2D eigenvalue weighted by molar-refractivity contribution is 0.553. The number of pyridine rings is 1. The van der Waals surface area contributed by atoms with E-state index in [1.807, 2.05) is 25.4 Å². The molecule has 19 heavy (non-hydrogen) atoms. The van der Waals surface area contributed by atoms with Crippen LogP contribution in [0.3, 0.4) is 0 Å². The summed E-state index contributed by atoms with van der Waals surface area (Å²) in [5, 5.41) is 10.7. The lowest BCUT2D eigenvalue weighted by atomic mass is 9.89. The minimum absolute atomic E-state index is 0.0962. The Morgan fingerprint density at radius 1 is 1.16 bits per heavy atom. The highest BCUT2D eigenvalue weighted by molar-refractivity contribution is 5.23. The van der Waals surface area contributed by atoms with Crippen LogP contribution in [0.4, 0.5) is 0 Å². The first-order chi connectivity index (χ1) is 8.97. The molecule has 2 rings (SSSR count). The summed E-state index contributed by atoms with van der Waals surface area (Å²) in [6.45, 7) is 10.2. The molecule has 0 bridgehead atoms. The first kappa shape index (κ1) is 13.7. The summed E-state index contributed by atoms with van der Waals surface area (Å²) in [4.78, 5) is 4.29. The molecule has 0 unspecified atom stereocenters. The second-order valence-electron chi connectivity index (χ2n) is 5.93. The van der Waals surface area contributed by atoms with Crippen molar-refractivity contribution in [1.82, 2.24) is 20.5 Å². The molecule has 4 nitrogen and oxygen atoms in total. The number of H-pyrrole nitrogens is 1. The molecule has 0 saturated heterocycles. The third kappa shape index (κ3) is 3.64. The number of hydrogen-bond donors (Lipinski definition) is 2. The van der Waals surface area contributed by atoms with Crippen LogP contribution >= 0.6 is 0 Å². The molecule has 2 aromatic heterocycles. The number of aromatic amines is 1. The quantitative estimate of drug-likeness (QED) is 0.886. The SMILES string of the molecule is Cc1ccc(CNCc2cn[nH]c2C(C)(C)C)cn1. The van der Waals surface area contributed by atoms with Crippen molar-refractivity contribution < 1.29 is 0 Å². The molecule has 0 spiro atoms. The minimum Gasteiger partial charge on any atom is -0.308 e. The van der Waals surface area contributed by atoms with Crippen LogP contribution in [0.2, 0.25) is 0 Å². The van der Waals surface area contributed by atoms with Crippen molar-refractivity contribution in [2.24, 2.45) is 0 Å². The van der Waals surface area contributed by atoms with Crippen LogP contribution in [0.1, 0.15) is 43.3 Å². The van der Waals surface area contributed by atoms with E-state index in [-0.39, 0.29) is 5.41 Å². The summed E-state index contributed by atoms with van der Waals surface area (Å²) in [6.07, 6.45) is 3.82. The van der Waals surface area contributed by atoms with Gasteiger partial charge in [0.15, 0.2) is 0 Å². The van der Waals surface area contributed by atoms with Crippen LogP contribution in [0.5, 0.6) is 0 Å². The van der Waals surface area contributed by atoms with Gasteiger partial charge in [0.05, 0.1) is 6.20 Å². The molecule has 0 aliphatic rings. The van der Waals surface area contributed by atoms with Gasteiger partial charge < -0.3 is 5.32 Å². The van der Waals surface area contributed by atoms with Gasteiger partial charge in [0.2, 0.25) is 0 Å². The van der Waals surface area contributed by atoms with Crippen molar-refractivity contribution in [1.29, 1.82) is 0 Å². The van der Waals surface area contributed by atoms with E-state index in [2.05, 4.69) is 47.3 Å². The maximum Gasteiger partial charge on any atom is 0.0535 e. The Balaban J connectivity index is 1.93. The van der Waals surface area contributed by atoms with Crippen molar-refractivity contribution in [3.63, 3.8) is 0 Å². The average molecular weight is 258 g/mol. The van der Waals surface area contributed by atoms with Crippen LogP contribution in [0.25, 0.3) is 0 Å². The smallest absolute Gasteiger partial charge is 0.0535 e. The summed E-state index contributed by atoms with van der Waals surface area (Å²) in [7, 11) is 0. The topological polar surface area (TPSA) is 53.6 Å². The first-order valence-corrected chi connectivity index (χ1v) is 6.62. The predicted octanol–water partition coefficient (Wildman–Crippen LogP) is 2.70. The standard InChI is InChI=1S/C15H22N4/c1-11-5-6-12(8-17-11)7-16-9-13-10-18-19-14(13)15(2,3)4/h5-6,8,10,16H,7,9H2,1-4H3,(H,18,19).